The highest BCUT2D eigenvalue weighted by Crippen LogP contribution is 2.22. The van der Waals surface area contributed by atoms with Crippen LogP contribution in [0.3, 0.4) is 0 Å². The first-order chi connectivity index (χ1) is 29.4. The van der Waals surface area contributed by atoms with E-state index < -0.39 is 43.4 Å². The van der Waals surface area contributed by atoms with Crippen LogP contribution in [0, 0.1) is 0 Å². The van der Waals surface area contributed by atoms with Gasteiger partial charge in [0.05, 0.1) is 19.8 Å². The molecule has 9 heteroatoms. The second-order valence-electron chi connectivity index (χ2n) is 15.5. The summed E-state index contributed by atoms with van der Waals surface area (Å²) in [5.41, 5.74) is 0. The molecule has 6 atom stereocenters. The van der Waals surface area contributed by atoms with Gasteiger partial charge in [0.1, 0.15) is 30.5 Å². The number of rotatable bonds is 38. The molecule has 1 aliphatic rings. The normalized spacial score (nSPS) is 20.9. The molecule has 1 heterocycles. The quantitative estimate of drug-likeness (QED) is 0.0272. The maximum atomic E-state index is 12.8. The first kappa shape index (κ1) is 55.1. The van der Waals surface area contributed by atoms with Crippen molar-refractivity contribution >= 4 is 5.97 Å². The molecular weight excluding hydrogens is 757 g/mol. The van der Waals surface area contributed by atoms with E-state index in [9.17, 15) is 25.2 Å². The number of unbranched alkanes of at least 4 members (excludes halogenated alkanes) is 11. The van der Waals surface area contributed by atoms with Crippen LogP contribution in [0.1, 0.15) is 155 Å². The second-order valence-corrected chi connectivity index (χ2v) is 15.5. The minimum absolute atomic E-state index is 0.113. The second kappa shape index (κ2) is 41.5. The first-order valence-corrected chi connectivity index (χ1v) is 23.3. The van der Waals surface area contributed by atoms with Crippen molar-refractivity contribution in [3.8, 4) is 0 Å². The molecule has 0 aromatic heterocycles. The van der Waals surface area contributed by atoms with Crippen LogP contribution in [-0.4, -0.2) is 89.6 Å². The third kappa shape index (κ3) is 31.9. The zero-order valence-corrected chi connectivity index (χ0v) is 37.4. The molecule has 0 aliphatic carbocycles. The number of aliphatic hydroxyl groups is 4. The monoisotopic (exact) mass is 841 g/mol. The van der Waals surface area contributed by atoms with Gasteiger partial charge in [-0.2, -0.15) is 0 Å². The van der Waals surface area contributed by atoms with E-state index in [0.717, 1.165) is 83.5 Å². The van der Waals surface area contributed by atoms with E-state index in [4.69, 9.17) is 18.9 Å². The molecular formula is C51H84O9. The fourth-order valence-corrected chi connectivity index (χ4v) is 6.35. The molecule has 1 saturated heterocycles. The van der Waals surface area contributed by atoms with Crippen molar-refractivity contribution in [2.24, 2.45) is 0 Å². The van der Waals surface area contributed by atoms with Gasteiger partial charge in [0.2, 0.25) is 0 Å². The molecule has 0 amide bonds. The van der Waals surface area contributed by atoms with E-state index in [1.165, 1.54) is 44.9 Å². The van der Waals surface area contributed by atoms with Gasteiger partial charge in [-0.25, -0.2) is 0 Å². The molecule has 9 nitrogen and oxygen atoms in total. The van der Waals surface area contributed by atoms with Crippen LogP contribution >= 0.6 is 0 Å². The summed E-state index contributed by atoms with van der Waals surface area (Å²) in [6.45, 7) is 4.32. The van der Waals surface area contributed by atoms with Crippen LogP contribution in [-0.2, 0) is 23.7 Å². The van der Waals surface area contributed by atoms with Gasteiger partial charge < -0.3 is 39.4 Å². The summed E-state index contributed by atoms with van der Waals surface area (Å²) in [7, 11) is 0. The van der Waals surface area contributed by atoms with Gasteiger partial charge in [0.15, 0.2) is 6.29 Å². The summed E-state index contributed by atoms with van der Waals surface area (Å²) in [6.07, 6.45) is 50.0. The Labute approximate surface area is 364 Å². The Bertz CT molecular complexity index is 1230. The van der Waals surface area contributed by atoms with E-state index in [1.54, 1.807) is 0 Å². The van der Waals surface area contributed by atoms with Gasteiger partial charge in [-0.15, -0.1) is 0 Å². The number of allylic oxidation sites excluding steroid dienone is 16. The van der Waals surface area contributed by atoms with E-state index in [0.29, 0.717) is 13.0 Å². The maximum Gasteiger partial charge on any atom is 0.306 e. The lowest BCUT2D eigenvalue weighted by molar-refractivity contribution is -0.305. The molecule has 0 aromatic carbocycles. The van der Waals surface area contributed by atoms with Gasteiger partial charge >= 0.3 is 5.97 Å². The minimum Gasteiger partial charge on any atom is -0.457 e. The van der Waals surface area contributed by atoms with Crippen LogP contribution in [0.15, 0.2) is 97.2 Å². The highest BCUT2D eigenvalue weighted by Gasteiger charge is 2.44. The predicted molar refractivity (Wildman–Crippen MR) is 246 cm³/mol. The number of ether oxygens (including phenoxy) is 4. The molecule has 0 aromatic rings. The van der Waals surface area contributed by atoms with Crippen molar-refractivity contribution < 1.29 is 44.2 Å². The summed E-state index contributed by atoms with van der Waals surface area (Å²) in [5, 5.41) is 40.1. The lowest BCUT2D eigenvalue weighted by Gasteiger charge is -2.39. The topological polar surface area (TPSA) is 135 Å². The summed E-state index contributed by atoms with van der Waals surface area (Å²) < 4.78 is 22.8. The minimum atomic E-state index is -1.55. The van der Waals surface area contributed by atoms with E-state index in [-0.39, 0.29) is 25.6 Å². The van der Waals surface area contributed by atoms with Crippen molar-refractivity contribution in [3.05, 3.63) is 97.2 Å². The fourth-order valence-electron chi connectivity index (χ4n) is 6.35. The number of aliphatic hydroxyl groups excluding tert-OH is 4. The highest BCUT2D eigenvalue weighted by molar-refractivity contribution is 5.69. The number of hydrogen-bond donors (Lipinski definition) is 4. The molecule has 0 spiro atoms. The summed E-state index contributed by atoms with van der Waals surface area (Å²) in [6, 6.07) is 0. The lowest BCUT2D eigenvalue weighted by Crippen LogP contribution is -2.59. The van der Waals surface area contributed by atoms with Crippen molar-refractivity contribution in [1.29, 1.82) is 0 Å². The number of esters is 1. The Morgan fingerprint density at radius 1 is 0.550 bits per heavy atom. The van der Waals surface area contributed by atoms with E-state index in [1.807, 2.05) is 0 Å². The van der Waals surface area contributed by atoms with Crippen molar-refractivity contribution in [3.63, 3.8) is 0 Å². The Balaban J connectivity index is 2.32. The van der Waals surface area contributed by atoms with E-state index >= 15 is 0 Å². The number of carbonyl (C=O) groups is 1. The summed E-state index contributed by atoms with van der Waals surface area (Å²) in [5.74, 6) is -0.363. The van der Waals surface area contributed by atoms with Gasteiger partial charge in [0, 0.05) is 13.0 Å². The van der Waals surface area contributed by atoms with Gasteiger partial charge in [0.25, 0.3) is 0 Å². The molecule has 342 valence electrons. The van der Waals surface area contributed by atoms with Crippen LogP contribution in [0.5, 0.6) is 0 Å². The third-order valence-electron chi connectivity index (χ3n) is 9.98. The zero-order valence-electron chi connectivity index (χ0n) is 37.4. The highest BCUT2D eigenvalue weighted by atomic mass is 16.7. The third-order valence-corrected chi connectivity index (χ3v) is 9.98. The smallest absolute Gasteiger partial charge is 0.306 e. The SMILES string of the molecule is CC/C=C\C/C=C\C/C=C\C/C=C\C/C=C\C/C=C\CCCCC(=O)OC(COCCCCCCCC/C=C\C/C=C\CCCCC)COC1OC(CO)C(O)C(O)C1O. The molecule has 1 aliphatic heterocycles. The molecule has 6 unspecified atom stereocenters. The Morgan fingerprint density at radius 2 is 1.02 bits per heavy atom. The standard InChI is InChI=1S/C51H84O9/c1-3-5-7-9-11-13-15-17-19-21-22-23-24-25-26-28-30-32-34-36-38-40-47(53)59-45(44-58-51-50(56)49(55)48(54)46(42-52)60-51)43-57-41-39-37-35-33-31-29-27-20-18-16-14-12-10-8-6-4-2/h5,7,11-14,17-20,22-23,25-26,30,32,45-46,48-52,54-56H,3-4,6,8-10,15-16,21,24,27-29,31,33-44H2,1-2H3/b7-5-,13-11-,14-12-,19-17-,20-18-,23-22-,26-25-,32-30-. The Kier molecular flexibility index (Phi) is 38.1. The number of carbonyl (C=O) groups excluding carboxylic acids is 1. The zero-order chi connectivity index (χ0) is 43.6. The molecule has 0 bridgehead atoms. The molecule has 1 fully saturated rings. The molecule has 60 heavy (non-hydrogen) atoms. The van der Waals surface area contributed by atoms with E-state index in [2.05, 4.69) is 111 Å². The fraction of sp³-hybridized carbons (Fsp3) is 0.667. The summed E-state index contributed by atoms with van der Waals surface area (Å²) in [4.78, 5) is 12.8. The van der Waals surface area contributed by atoms with Crippen molar-refractivity contribution in [2.75, 3.05) is 26.4 Å². The van der Waals surface area contributed by atoms with Crippen molar-refractivity contribution in [1.82, 2.24) is 0 Å². The summed E-state index contributed by atoms with van der Waals surface area (Å²) >= 11 is 0. The Hall–Kier alpha value is -2.89. The van der Waals surface area contributed by atoms with Gasteiger partial charge in [-0.05, 0) is 96.3 Å². The van der Waals surface area contributed by atoms with Crippen LogP contribution < -0.4 is 0 Å². The van der Waals surface area contributed by atoms with Crippen LogP contribution in [0.25, 0.3) is 0 Å². The predicted octanol–water partition coefficient (Wildman–Crippen LogP) is 10.8. The van der Waals surface area contributed by atoms with Crippen molar-refractivity contribution in [2.45, 2.75) is 192 Å². The molecule has 1 rings (SSSR count). The van der Waals surface area contributed by atoms with Crippen LogP contribution in [0.2, 0.25) is 0 Å². The first-order valence-electron chi connectivity index (χ1n) is 23.3. The van der Waals surface area contributed by atoms with Gasteiger partial charge in [-0.1, -0.05) is 150 Å². The molecule has 0 radical (unpaired) electrons. The largest absolute Gasteiger partial charge is 0.457 e. The lowest BCUT2D eigenvalue weighted by atomic mass is 9.99. The van der Waals surface area contributed by atoms with Gasteiger partial charge in [-0.3, -0.25) is 4.79 Å². The maximum absolute atomic E-state index is 12.8. The van der Waals surface area contributed by atoms with Crippen LogP contribution in [0.4, 0.5) is 0 Å². The average Bonchev–Trinajstić information content (AvgIpc) is 3.25. The molecule has 4 N–H and O–H groups in total. The Morgan fingerprint density at radius 3 is 1.53 bits per heavy atom. The number of hydrogen-bond acceptors (Lipinski definition) is 9. The molecule has 0 saturated carbocycles. The average molecular weight is 841 g/mol.